The molecule has 7 rings (SSSR count). The Kier molecular flexibility index (Phi) is 5.30. The first-order chi connectivity index (χ1) is 19.0. The van der Waals surface area contributed by atoms with Crippen LogP contribution >= 0.6 is 0 Å². The highest BCUT2D eigenvalue weighted by molar-refractivity contribution is 6.09. The number of hydrogen-bond acceptors (Lipinski definition) is 5. The largest absolute Gasteiger partial charge is 0.439 e. The number of anilines is 3. The van der Waals surface area contributed by atoms with Crippen molar-refractivity contribution in [2.24, 2.45) is 0 Å². The molecule has 6 heteroatoms. The SMILES string of the molecule is CC(C)(C)c1ccnc(-n2c3ccccc3c3ccc(Oc4cc(N5CNc6ccccc65)ccn4)cc32)c1. The van der Waals surface area contributed by atoms with Crippen LogP contribution < -0.4 is 15.0 Å². The number of nitrogens with one attached hydrogen (secondary N) is 1. The van der Waals surface area contributed by atoms with Crippen LogP contribution in [0, 0.1) is 0 Å². The summed E-state index contributed by atoms with van der Waals surface area (Å²) >= 11 is 0. The van der Waals surface area contributed by atoms with E-state index in [0.29, 0.717) is 12.5 Å². The summed E-state index contributed by atoms with van der Waals surface area (Å²) in [4.78, 5) is 11.5. The molecule has 0 aliphatic carbocycles. The van der Waals surface area contributed by atoms with Crippen molar-refractivity contribution in [3.05, 3.63) is 109 Å². The lowest BCUT2D eigenvalue weighted by atomic mass is 9.88. The highest BCUT2D eigenvalue weighted by Gasteiger charge is 2.21. The average Bonchev–Trinajstić information content (AvgIpc) is 3.52. The first-order valence-electron chi connectivity index (χ1n) is 13.2. The number of rotatable bonds is 4. The molecule has 0 fully saturated rings. The maximum Gasteiger partial charge on any atom is 0.221 e. The fraction of sp³-hybridized carbons (Fsp3) is 0.152. The van der Waals surface area contributed by atoms with Crippen LogP contribution in [0.4, 0.5) is 17.1 Å². The summed E-state index contributed by atoms with van der Waals surface area (Å²) in [5.41, 5.74) is 6.71. The van der Waals surface area contributed by atoms with E-state index in [0.717, 1.165) is 45.0 Å². The molecule has 4 heterocycles. The van der Waals surface area contributed by atoms with E-state index < -0.39 is 0 Å². The normalized spacial score (nSPS) is 13.1. The number of hydrogen-bond donors (Lipinski definition) is 1. The Balaban J connectivity index is 1.30. The van der Waals surface area contributed by atoms with Gasteiger partial charge in [0.1, 0.15) is 11.6 Å². The zero-order valence-corrected chi connectivity index (χ0v) is 22.2. The first kappa shape index (κ1) is 23.3. The Bertz CT molecular complexity index is 1850. The van der Waals surface area contributed by atoms with Gasteiger partial charge in [-0.3, -0.25) is 4.57 Å². The molecule has 3 aromatic heterocycles. The molecule has 0 unspecified atom stereocenters. The van der Waals surface area contributed by atoms with Crippen LogP contribution in [0.5, 0.6) is 11.6 Å². The van der Waals surface area contributed by atoms with E-state index in [4.69, 9.17) is 9.72 Å². The third-order valence-electron chi connectivity index (χ3n) is 7.36. The summed E-state index contributed by atoms with van der Waals surface area (Å²) < 4.78 is 8.57. The molecule has 0 atom stereocenters. The Morgan fingerprint density at radius 1 is 0.769 bits per heavy atom. The van der Waals surface area contributed by atoms with E-state index in [-0.39, 0.29) is 5.41 Å². The van der Waals surface area contributed by atoms with Gasteiger partial charge >= 0.3 is 0 Å². The smallest absolute Gasteiger partial charge is 0.221 e. The highest BCUT2D eigenvalue weighted by atomic mass is 16.5. The second-order valence-electron chi connectivity index (χ2n) is 10.9. The number of aromatic nitrogens is 3. The van der Waals surface area contributed by atoms with Gasteiger partial charge in [0.05, 0.1) is 29.1 Å². The molecule has 1 aliphatic heterocycles. The van der Waals surface area contributed by atoms with Gasteiger partial charge in [-0.05, 0) is 59.5 Å². The fourth-order valence-corrected chi connectivity index (χ4v) is 5.35. The minimum Gasteiger partial charge on any atom is -0.439 e. The lowest BCUT2D eigenvalue weighted by Crippen LogP contribution is -2.16. The van der Waals surface area contributed by atoms with Gasteiger partial charge in [-0.25, -0.2) is 9.97 Å². The minimum atomic E-state index is 0.0206. The molecular formula is C33H29N5O. The molecular weight excluding hydrogens is 482 g/mol. The quantitative estimate of drug-likeness (QED) is 0.259. The zero-order chi connectivity index (χ0) is 26.6. The molecule has 0 spiro atoms. The van der Waals surface area contributed by atoms with Crippen molar-refractivity contribution >= 4 is 38.9 Å². The maximum absolute atomic E-state index is 6.35. The van der Waals surface area contributed by atoms with E-state index in [9.17, 15) is 0 Å². The summed E-state index contributed by atoms with van der Waals surface area (Å²) in [5.74, 6) is 2.17. The molecule has 6 nitrogen and oxygen atoms in total. The van der Waals surface area contributed by atoms with Crippen LogP contribution in [0.15, 0.2) is 103 Å². The summed E-state index contributed by atoms with van der Waals surface area (Å²) in [7, 11) is 0. The second-order valence-corrected chi connectivity index (χ2v) is 10.9. The van der Waals surface area contributed by atoms with Crippen molar-refractivity contribution in [1.29, 1.82) is 0 Å². The third kappa shape index (κ3) is 4.05. The summed E-state index contributed by atoms with van der Waals surface area (Å²) in [6.07, 6.45) is 3.70. The summed E-state index contributed by atoms with van der Waals surface area (Å²) in [6, 6.07) is 31.3. The zero-order valence-electron chi connectivity index (χ0n) is 22.2. The van der Waals surface area contributed by atoms with Crippen molar-refractivity contribution in [3.8, 4) is 17.4 Å². The first-order valence-corrected chi connectivity index (χ1v) is 13.2. The highest BCUT2D eigenvalue weighted by Crippen LogP contribution is 2.39. The van der Waals surface area contributed by atoms with Crippen molar-refractivity contribution in [3.63, 3.8) is 0 Å². The van der Waals surface area contributed by atoms with Crippen LogP contribution in [-0.2, 0) is 5.41 Å². The van der Waals surface area contributed by atoms with E-state index in [1.807, 2.05) is 30.5 Å². The van der Waals surface area contributed by atoms with Gasteiger partial charge in [-0.2, -0.15) is 0 Å². The molecule has 0 saturated heterocycles. The second kappa shape index (κ2) is 8.88. The van der Waals surface area contributed by atoms with Gasteiger partial charge in [0.15, 0.2) is 0 Å². The molecule has 6 aromatic rings. The van der Waals surface area contributed by atoms with Crippen molar-refractivity contribution in [2.75, 3.05) is 16.9 Å². The number of para-hydroxylation sites is 3. The summed E-state index contributed by atoms with van der Waals surface area (Å²) in [6.45, 7) is 7.38. The Morgan fingerprint density at radius 3 is 2.46 bits per heavy atom. The maximum atomic E-state index is 6.35. The molecule has 192 valence electrons. The van der Waals surface area contributed by atoms with Gasteiger partial charge in [0, 0.05) is 41.0 Å². The number of nitrogens with zero attached hydrogens (tertiary/aromatic N) is 4. The average molecular weight is 512 g/mol. The van der Waals surface area contributed by atoms with Crippen LogP contribution in [0.2, 0.25) is 0 Å². The minimum absolute atomic E-state index is 0.0206. The number of fused-ring (bicyclic) bond motifs is 4. The number of pyridine rings is 2. The molecule has 39 heavy (non-hydrogen) atoms. The van der Waals surface area contributed by atoms with E-state index in [1.54, 1.807) is 6.20 Å². The van der Waals surface area contributed by atoms with E-state index in [1.165, 1.54) is 10.9 Å². The Labute approximate surface area is 227 Å². The molecule has 0 bridgehead atoms. The molecule has 1 N–H and O–H groups in total. The van der Waals surface area contributed by atoms with Crippen LogP contribution in [0.1, 0.15) is 26.3 Å². The molecule has 0 amide bonds. The molecule has 3 aromatic carbocycles. The van der Waals surface area contributed by atoms with Gasteiger partial charge < -0.3 is 15.0 Å². The number of benzene rings is 3. The Morgan fingerprint density at radius 2 is 1.56 bits per heavy atom. The van der Waals surface area contributed by atoms with E-state index in [2.05, 4.69) is 107 Å². The molecule has 0 saturated carbocycles. The van der Waals surface area contributed by atoms with Gasteiger partial charge in [0.2, 0.25) is 5.88 Å². The Hall–Kier alpha value is -4.84. The lowest BCUT2D eigenvalue weighted by molar-refractivity contribution is 0.463. The molecule has 0 radical (unpaired) electrons. The standard InChI is InChI=1S/C33H29N5O/c1-33(2,3)22-14-16-34-31(18-22)38-28-10-6-4-8-25(28)26-13-12-24(20-30(26)38)39-32-19-23(15-17-35-32)37-21-36-27-9-5-7-11-29(27)37/h4-20,36H,21H2,1-3H3. The molecule has 1 aliphatic rings. The van der Waals surface area contributed by atoms with Gasteiger partial charge in [0.25, 0.3) is 0 Å². The third-order valence-corrected chi connectivity index (χ3v) is 7.36. The summed E-state index contributed by atoms with van der Waals surface area (Å²) in [5, 5.41) is 5.78. The lowest BCUT2D eigenvalue weighted by Gasteiger charge is -2.20. The predicted molar refractivity (Wildman–Crippen MR) is 159 cm³/mol. The van der Waals surface area contributed by atoms with Crippen LogP contribution in [0.25, 0.3) is 27.6 Å². The van der Waals surface area contributed by atoms with Crippen molar-refractivity contribution in [2.45, 2.75) is 26.2 Å². The monoisotopic (exact) mass is 511 g/mol. The van der Waals surface area contributed by atoms with Crippen LogP contribution in [-0.4, -0.2) is 21.2 Å². The van der Waals surface area contributed by atoms with E-state index >= 15 is 0 Å². The van der Waals surface area contributed by atoms with Gasteiger partial charge in [-0.1, -0.05) is 51.1 Å². The van der Waals surface area contributed by atoms with Crippen molar-refractivity contribution < 1.29 is 4.74 Å². The predicted octanol–water partition coefficient (Wildman–Crippen LogP) is 8.18. The fourth-order valence-electron chi connectivity index (χ4n) is 5.35. The number of ether oxygens (including phenoxy) is 1. The van der Waals surface area contributed by atoms with Gasteiger partial charge in [-0.15, -0.1) is 0 Å². The van der Waals surface area contributed by atoms with Crippen molar-refractivity contribution in [1.82, 2.24) is 14.5 Å². The van der Waals surface area contributed by atoms with Crippen LogP contribution in [0.3, 0.4) is 0 Å². The topological polar surface area (TPSA) is 55.2 Å².